The number of hydrogen-bond donors (Lipinski definition) is 1. The molecule has 1 aliphatic rings. The molecule has 1 aliphatic heterocycles. The average Bonchev–Trinajstić information content (AvgIpc) is 2.86. The standard InChI is InChI=1S/C27H33N3O3/c1-32-24-12-11-22(25(16-24)33-2)17-29-26(31)13-10-20-6-5-15-30(18-20)19-23-8-3-7-21-9-4-14-28-27(21)23/h3-4,7-9,11-12,14,16,20H,5-6,10,13,15,17-19H2,1-2H3,(H,29,31)/t20-/m0/s1. The van der Waals surface area contributed by atoms with E-state index in [2.05, 4.69) is 39.5 Å². The van der Waals surface area contributed by atoms with Crippen LogP contribution >= 0.6 is 0 Å². The minimum absolute atomic E-state index is 0.0863. The molecular weight excluding hydrogens is 414 g/mol. The maximum Gasteiger partial charge on any atom is 0.220 e. The summed E-state index contributed by atoms with van der Waals surface area (Å²) in [7, 11) is 3.25. The van der Waals surface area contributed by atoms with Gasteiger partial charge in [0, 0.05) is 49.3 Å². The Morgan fingerprint density at radius 1 is 1.12 bits per heavy atom. The third-order valence-electron chi connectivity index (χ3n) is 6.46. The van der Waals surface area contributed by atoms with Gasteiger partial charge in [-0.15, -0.1) is 0 Å². The van der Waals surface area contributed by atoms with Crippen molar-refractivity contribution in [3.63, 3.8) is 0 Å². The summed E-state index contributed by atoms with van der Waals surface area (Å²) in [6, 6.07) is 16.2. The monoisotopic (exact) mass is 447 g/mol. The first kappa shape index (κ1) is 23.1. The number of hydrogen-bond acceptors (Lipinski definition) is 5. The minimum atomic E-state index is 0.0863. The zero-order valence-electron chi connectivity index (χ0n) is 19.5. The van der Waals surface area contributed by atoms with E-state index in [0.29, 0.717) is 18.9 Å². The molecule has 1 saturated heterocycles. The molecule has 0 spiro atoms. The molecule has 0 saturated carbocycles. The number of carbonyl (C=O) groups excluding carboxylic acids is 1. The van der Waals surface area contributed by atoms with E-state index in [9.17, 15) is 4.79 Å². The molecule has 6 heteroatoms. The Balaban J connectivity index is 1.26. The zero-order chi connectivity index (χ0) is 23.0. The largest absolute Gasteiger partial charge is 0.497 e. The van der Waals surface area contributed by atoms with Gasteiger partial charge in [0.15, 0.2) is 0 Å². The zero-order valence-corrected chi connectivity index (χ0v) is 19.5. The Bertz CT molecular complexity index is 1080. The first-order chi connectivity index (χ1) is 16.2. The number of ether oxygens (including phenoxy) is 2. The lowest BCUT2D eigenvalue weighted by Crippen LogP contribution is -2.35. The Labute approximate surface area is 195 Å². The Kier molecular flexibility index (Phi) is 7.79. The van der Waals surface area contributed by atoms with Gasteiger partial charge in [0.1, 0.15) is 11.5 Å². The average molecular weight is 448 g/mol. The highest BCUT2D eigenvalue weighted by Gasteiger charge is 2.21. The SMILES string of the molecule is COc1ccc(CNC(=O)CC[C@@H]2CCCN(Cc3cccc4cccnc34)C2)c(OC)c1. The number of pyridine rings is 1. The summed E-state index contributed by atoms with van der Waals surface area (Å²) >= 11 is 0. The van der Waals surface area contributed by atoms with E-state index in [-0.39, 0.29) is 5.91 Å². The van der Waals surface area contributed by atoms with Gasteiger partial charge in [-0.25, -0.2) is 0 Å². The highest BCUT2D eigenvalue weighted by atomic mass is 16.5. The number of amides is 1. The predicted molar refractivity (Wildman–Crippen MR) is 130 cm³/mol. The second kappa shape index (κ2) is 11.1. The number of piperidine rings is 1. The van der Waals surface area contributed by atoms with E-state index in [1.165, 1.54) is 23.8 Å². The van der Waals surface area contributed by atoms with Gasteiger partial charge in [-0.3, -0.25) is 14.7 Å². The van der Waals surface area contributed by atoms with Crippen LogP contribution in [0.3, 0.4) is 0 Å². The lowest BCUT2D eigenvalue weighted by Gasteiger charge is -2.33. The number of para-hydroxylation sites is 1. The molecule has 1 N–H and O–H groups in total. The molecule has 33 heavy (non-hydrogen) atoms. The fourth-order valence-corrected chi connectivity index (χ4v) is 4.68. The van der Waals surface area contributed by atoms with Crippen LogP contribution in [0.25, 0.3) is 10.9 Å². The van der Waals surface area contributed by atoms with Gasteiger partial charge in [0.25, 0.3) is 0 Å². The molecule has 1 fully saturated rings. The van der Waals surface area contributed by atoms with Crippen molar-refractivity contribution in [2.24, 2.45) is 5.92 Å². The van der Waals surface area contributed by atoms with E-state index in [4.69, 9.17) is 9.47 Å². The van der Waals surface area contributed by atoms with Gasteiger partial charge in [-0.1, -0.05) is 24.3 Å². The normalized spacial score (nSPS) is 16.5. The molecule has 0 aliphatic carbocycles. The molecule has 0 unspecified atom stereocenters. The maximum atomic E-state index is 12.5. The third kappa shape index (κ3) is 6.02. The summed E-state index contributed by atoms with van der Waals surface area (Å²) in [6.45, 7) is 3.50. The molecule has 1 atom stereocenters. The molecule has 1 aromatic heterocycles. The second-order valence-electron chi connectivity index (χ2n) is 8.73. The van der Waals surface area contributed by atoms with Crippen LogP contribution in [0.5, 0.6) is 11.5 Å². The number of nitrogens with zero attached hydrogens (tertiary/aromatic N) is 2. The van der Waals surface area contributed by atoms with Crippen LogP contribution in [0, 0.1) is 5.92 Å². The molecule has 2 heterocycles. The first-order valence-corrected chi connectivity index (χ1v) is 11.7. The topological polar surface area (TPSA) is 63.7 Å². The fourth-order valence-electron chi connectivity index (χ4n) is 4.68. The molecule has 1 amide bonds. The smallest absolute Gasteiger partial charge is 0.220 e. The minimum Gasteiger partial charge on any atom is -0.497 e. The number of rotatable bonds is 9. The molecule has 2 aromatic carbocycles. The predicted octanol–water partition coefficient (Wildman–Crippen LogP) is 4.56. The van der Waals surface area contributed by atoms with E-state index >= 15 is 0 Å². The molecule has 6 nitrogen and oxygen atoms in total. The van der Waals surface area contributed by atoms with Crippen molar-refractivity contribution in [2.75, 3.05) is 27.3 Å². The van der Waals surface area contributed by atoms with Crippen LogP contribution in [-0.4, -0.2) is 43.1 Å². The summed E-state index contributed by atoms with van der Waals surface area (Å²) in [4.78, 5) is 19.6. The number of benzene rings is 2. The molecule has 3 aromatic rings. The van der Waals surface area contributed by atoms with Gasteiger partial charge in [0.05, 0.1) is 19.7 Å². The number of likely N-dealkylation sites (tertiary alicyclic amines) is 1. The Hall–Kier alpha value is -3.12. The van der Waals surface area contributed by atoms with Crippen LogP contribution in [0.15, 0.2) is 54.7 Å². The van der Waals surface area contributed by atoms with E-state index in [1.807, 2.05) is 30.5 Å². The van der Waals surface area contributed by atoms with Crippen molar-refractivity contribution in [1.29, 1.82) is 0 Å². The molecule has 4 rings (SSSR count). The number of nitrogens with one attached hydrogen (secondary N) is 1. The summed E-state index contributed by atoms with van der Waals surface area (Å²) in [5.74, 6) is 2.09. The fraction of sp³-hybridized carbons (Fsp3) is 0.407. The first-order valence-electron chi connectivity index (χ1n) is 11.7. The summed E-state index contributed by atoms with van der Waals surface area (Å²) in [6.07, 6.45) is 5.69. The van der Waals surface area contributed by atoms with Crippen molar-refractivity contribution < 1.29 is 14.3 Å². The van der Waals surface area contributed by atoms with Gasteiger partial charge in [-0.2, -0.15) is 0 Å². The van der Waals surface area contributed by atoms with E-state index in [0.717, 1.165) is 48.6 Å². The van der Waals surface area contributed by atoms with Crippen LogP contribution in [-0.2, 0) is 17.9 Å². The van der Waals surface area contributed by atoms with Crippen molar-refractivity contribution in [2.45, 2.75) is 38.8 Å². The van der Waals surface area contributed by atoms with Gasteiger partial charge < -0.3 is 14.8 Å². The maximum absolute atomic E-state index is 12.5. The van der Waals surface area contributed by atoms with Crippen molar-refractivity contribution >= 4 is 16.8 Å². The van der Waals surface area contributed by atoms with Crippen molar-refractivity contribution in [3.05, 3.63) is 65.9 Å². The highest BCUT2D eigenvalue weighted by Crippen LogP contribution is 2.26. The lowest BCUT2D eigenvalue weighted by molar-refractivity contribution is -0.121. The van der Waals surface area contributed by atoms with Gasteiger partial charge in [0.2, 0.25) is 5.91 Å². The number of carbonyl (C=O) groups is 1. The summed E-state index contributed by atoms with van der Waals surface area (Å²) in [5, 5.41) is 4.23. The second-order valence-corrected chi connectivity index (χ2v) is 8.73. The molecule has 174 valence electrons. The summed E-state index contributed by atoms with van der Waals surface area (Å²) < 4.78 is 10.7. The molecule has 0 bridgehead atoms. The quantitative estimate of drug-likeness (QED) is 0.521. The number of aromatic nitrogens is 1. The van der Waals surface area contributed by atoms with Crippen molar-refractivity contribution in [3.8, 4) is 11.5 Å². The Morgan fingerprint density at radius 3 is 2.85 bits per heavy atom. The highest BCUT2D eigenvalue weighted by molar-refractivity contribution is 5.81. The number of fused-ring (bicyclic) bond motifs is 1. The van der Waals surface area contributed by atoms with E-state index in [1.54, 1.807) is 14.2 Å². The number of methoxy groups -OCH3 is 2. The van der Waals surface area contributed by atoms with Crippen LogP contribution in [0.2, 0.25) is 0 Å². The molecular formula is C27H33N3O3. The lowest BCUT2D eigenvalue weighted by atomic mass is 9.93. The van der Waals surface area contributed by atoms with Gasteiger partial charge in [-0.05, 0) is 55.5 Å². The van der Waals surface area contributed by atoms with E-state index < -0.39 is 0 Å². The summed E-state index contributed by atoms with van der Waals surface area (Å²) in [5.41, 5.74) is 3.31. The third-order valence-corrected chi connectivity index (χ3v) is 6.46. The Morgan fingerprint density at radius 2 is 2.00 bits per heavy atom. The van der Waals surface area contributed by atoms with Gasteiger partial charge >= 0.3 is 0 Å². The molecule has 0 radical (unpaired) electrons. The van der Waals surface area contributed by atoms with Crippen LogP contribution < -0.4 is 14.8 Å². The van der Waals surface area contributed by atoms with Crippen LogP contribution in [0.4, 0.5) is 0 Å². The van der Waals surface area contributed by atoms with Crippen molar-refractivity contribution in [1.82, 2.24) is 15.2 Å². The van der Waals surface area contributed by atoms with Crippen LogP contribution in [0.1, 0.15) is 36.8 Å².